The Morgan fingerprint density at radius 1 is 0.765 bits per heavy atom. The van der Waals surface area contributed by atoms with Crippen LogP contribution in [0.15, 0.2) is 0 Å². The van der Waals surface area contributed by atoms with Gasteiger partial charge in [-0.1, -0.05) is 19.3 Å². The number of hydrogen-bond donors (Lipinski definition) is 0. The molecule has 1 atom stereocenters. The molecule has 3 rings (SSSR count). The predicted molar refractivity (Wildman–Crippen MR) is 72.2 cm³/mol. The fourth-order valence-electron chi connectivity index (χ4n) is 4.17. The monoisotopic (exact) mass is 236 g/mol. The standard InChI is InChI=1S/C15H28N2/c1-2-7-14(6-1)12-16-9-5-11-17-10-4-3-8-15(17)13-16/h14-15H,1-13H2. The van der Waals surface area contributed by atoms with E-state index in [2.05, 4.69) is 9.80 Å². The highest BCUT2D eigenvalue weighted by Gasteiger charge is 2.28. The Balaban J connectivity index is 1.54. The van der Waals surface area contributed by atoms with Crippen molar-refractivity contribution >= 4 is 0 Å². The van der Waals surface area contributed by atoms with Crippen molar-refractivity contribution in [1.29, 1.82) is 0 Å². The van der Waals surface area contributed by atoms with Crippen molar-refractivity contribution in [2.24, 2.45) is 5.92 Å². The lowest BCUT2D eigenvalue weighted by Crippen LogP contribution is -2.44. The van der Waals surface area contributed by atoms with Gasteiger partial charge in [-0.3, -0.25) is 4.90 Å². The number of piperidine rings is 1. The summed E-state index contributed by atoms with van der Waals surface area (Å²) in [5.41, 5.74) is 0. The lowest BCUT2D eigenvalue weighted by atomic mass is 10.0. The van der Waals surface area contributed by atoms with Gasteiger partial charge in [0.05, 0.1) is 0 Å². The summed E-state index contributed by atoms with van der Waals surface area (Å²) in [5.74, 6) is 1.03. The first-order valence-corrected chi connectivity index (χ1v) is 7.88. The molecule has 0 amide bonds. The quantitative estimate of drug-likeness (QED) is 0.727. The van der Waals surface area contributed by atoms with E-state index in [1.54, 1.807) is 0 Å². The summed E-state index contributed by atoms with van der Waals surface area (Å²) in [5, 5.41) is 0. The number of nitrogens with zero attached hydrogens (tertiary/aromatic N) is 2. The molecule has 2 heterocycles. The molecule has 0 N–H and O–H groups in total. The van der Waals surface area contributed by atoms with E-state index in [4.69, 9.17) is 0 Å². The molecule has 3 aliphatic rings. The van der Waals surface area contributed by atoms with Crippen LogP contribution in [0.4, 0.5) is 0 Å². The van der Waals surface area contributed by atoms with Gasteiger partial charge >= 0.3 is 0 Å². The van der Waals surface area contributed by atoms with E-state index in [0.29, 0.717) is 0 Å². The molecule has 1 unspecified atom stereocenters. The minimum atomic E-state index is 0.896. The van der Waals surface area contributed by atoms with Gasteiger partial charge in [0, 0.05) is 19.1 Å². The molecule has 2 saturated heterocycles. The van der Waals surface area contributed by atoms with Crippen LogP contribution in [-0.2, 0) is 0 Å². The van der Waals surface area contributed by atoms with Crippen LogP contribution < -0.4 is 0 Å². The minimum Gasteiger partial charge on any atom is -0.301 e. The highest BCUT2D eigenvalue weighted by molar-refractivity contribution is 4.84. The third-order valence-electron chi connectivity index (χ3n) is 5.13. The van der Waals surface area contributed by atoms with E-state index >= 15 is 0 Å². The Bertz CT molecular complexity index is 235. The molecule has 0 aromatic heterocycles. The van der Waals surface area contributed by atoms with Gasteiger partial charge in [-0.15, -0.1) is 0 Å². The van der Waals surface area contributed by atoms with Crippen LogP contribution >= 0.6 is 0 Å². The first-order valence-electron chi connectivity index (χ1n) is 7.88. The zero-order valence-electron chi connectivity index (χ0n) is 11.2. The average molecular weight is 236 g/mol. The molecule has 2 aliphatic heterocycles. The molecular formula is C15H28N2. The summed E-state index contributed by atoms with van der Waals surface area (Å²) >= 11 is 0. The Labute approximate surface area is 106 Å². The molecule has 0 aromatic rings. The van der Waals surface area contributed by atoms with E-state index < -0.39 is 0 Å². The van der Waals surface area contributed by atoms with Crippen LogP contribution in [0.3, 0.4) is 0 Å². The normalized spacial score (nSPS) is 33.5. The predicted octanol–water partition coefficient (Wildman–Crippen LogP) is 2.74. The van der Waals surface area contributed by atoms with Crippen LogP contribution in [0.5, 0.6) is 0 Å². The van der Waals surface area contributed by atoms with Crippen molar-refractivity contribution in [2.75, 3.05) is 32.7 Å². The number of fused-ring (bicyclic) bond motifs is 1. The maximum Gasteiger partial charge on any atom is 0.0223 e. The first kappa shape index (κ1) is 12.0. The second-order valence-electron chi connectivity index (χ2n) is 6.45. The summed E-state index contributed by atoms with van der Waals surface area (Å²) in [4.78, 5) is 5.57. The van der Waals surface area contributed by atoms with Gasteiger partial charge in [0.15, 0.2) is 0 Å². The van der Waals surface area contributed by atoms with Gasteiger partial charge < -0.3 is 4.90 Å². The lowest BCUT2D eigenvalue weighted by molar-refractivity contribution is 0.131. The summed E-state index contributed by atoms with van der Waals surface area (Å²) in [6.45, 7) is 6.89. The first-order chi connectivity index (χ1) is 8.42. The van der Waals surface area contributed by atoms with Crippen LogP contribution in [0.1, 0.15) is 51.4 Å². The molecule has 1 aliphatic carbocycles. The van der Waals surface area contributed by atoms with E-state index in [9.17, 15) is 0 Å². The summed E-state index contributed by atoms with van der Waals surface area (Å²) in [6.07, 6.45) is 11.8. The Morgan fingerprint density at radius 3 is 2.41 bits per heavy atom. The largest absolute Gasteiger partial charge is 0.301 e. The van der Waals surface area contributed by atoms with Gasteiger partial charge in [0.1, 0.15) is 0 Å². The lowest BCUT2D eigenvalue weighted by Gasteiger charge is -2.35. The van der Waals surface area contributed by atoms with Crippen LogP contribution in [0.25, 0.3) is 0 Å². The molecule has 0 aromatic carbocycles. The van der Waals surface area contributed by atoms with E-state index in [1.165, 1.54) is 84.1 Å². The Morgan fingerprint density at radius 2 is 1.53 bits per heavy atom. The average Bonchev–Trinajstić information content (AvgIpc) is 2.76. The third-order valence-corrected chi connectivity index (χ3v) is 5.13. The van der Waals surface area contributed by atoms with Gasteiger partial charge in [-0.05, 0) is 57.7 Å². The molecule has 0 spiro atoms. The summed E-state index contributed by atoms with van der Waals surface area (Å²) < 4.78 is 0. The Kier molecular flexibility index (Phi) is 4.02. The molecular weight excluding hydrogens is 208 g/mol. The fourth-order valence-corrected chi connectivity index (χ4v) is 4.17. The number of rotatable bonds is 2. The van der Waals surface area contributed by atoms with Gasteiger partial charge in [0.2, 0.25) is 0 Å². The molecule has 0 bridgehead atoms. The summed E-state index contributed by atoms with van der Waals surface area (Å²) in [7, 11) is 0. The summed E-state index contributed by atoms with van der Waals surface area (Å²) in [6, 6.07) is 0.896. The molecule has 1 saturated carbocycles. The number of hydrogen-bond acceptors (Lipinski definition) is 2. The van der Waals surface area contributed by atoms with Crippen LogP contribution in [-0.4, -0.2) is 48.6 Å². The van der Waals surface area contributed by atoms with Crippen molar-refractivity contribution in [3.63, 3.8) is 0 Å². The zero-order valence-corrected chi connectivity index (χ0v) is 11.2. The molecule has 2 nitrogen and oxygen atoms in total. The van der Waals surface area contributed by atoms with Gasteiger partial charge in [-0.25, -0.2) is 0 Å². The van der Waals surface area contributed by atoms with Crippen LogP contribution in [0.2, 0.25) is 0 Å². The molecule has 98 valence electrons. The molecule has 2 heteroatoms. The van der Waals surface area contributed by atoms with Gasteiger partial charge in [-0.2, -0.15) is 0 Å². The highest BCUT2D eigenvalue weighted by atomic mass is 15.2. The maximum atomic E-state index is 2.80. The third kappa shape index (κ3) is 3.03. The van der Waals surface area contributed by atoms with Crippen LogP contribution in [0, 0.1) is 5.92 Å². The Hall–Kier alpha value is -0.0800. The van der Waals surface area contributed by atoms with Gasteiger partial charge in [0.25, 0.3) is 0 Å². The van der Waals surface area contributed by atoms with E-state index in [-0.39, 0.29) is 0 Å². The van der Waals surface area contributed by atoms with Crippen molar-refractivity contribution in [1.82, 2.24) is 9.80 Å². The van der Waals surface area contributed by atoms with Crippen molar-refractivity contribution in [3.05, 3.63) is 0 Å². The second-order valence-corrected chi connectivity index (χ2v) is 6.45. The molecule has 17 heavy (non-hydrogen) atoms. The minimum absolute atomic E-state index is 0.896. The second kappa shape index (κ2) is 5.71. The van der Waals surface area contributed by atoms with Crippen molar-refractivity contribution in [3.8, 4) is 0 Å². The van der Waals surface area contributed by atoms with Crippen molar-refractivity contribution in [2.45, 2.75) is 57.4 Å². The topological polar surface area (TPSA) is 6.48 Å². The molecule has 3 fully saturated rings. The smallest absolute Gasteiger partial charge is 0.0223 e. The fraction of sp³-hybridized carbons (Fsp3) is 1.00. The zero-order chi connectivity index (χ0) is 11.5. The van der Waals surface area contributed by atoms with E-state index in [0.717, 1.165) is 12.0 Å². The van der Waals surface area contributed by atoms with E-state index in [1.807, 2.05) is 0 Å². The SMILES string of the molecule is C1CCC(CN2CCCN3CCCCC3C2)C1. The maximum absolute atomic E-state index is 2.80. The highest BCUT2D eigenvalue weighted by Crippen LogP contribution is 2.27. The molecule has 0 radical (unpaired) electrons. The van der Waals surface area contributed by atoms with Crippen molar-refractivity contribution < 1.29 is 0 Å².